The number of carbonyl (C=O) groups excluding carboxylic acids is 2. The van der Waals surface area contributed by atoms with Gasteiger partial charge < -0.3 is 14.8 Å². The molecule has 0 aromatic rings. The summed E-state index contributed by atoms with van der Waals surface area (Å²) in [5.74, 6) is 4.71. The molecule has 0 aromatic heterocycles. The third-order valence-electron chi connectivity index (χ3n) is 1.93. The van der Waals surface area contributed by atoms with E-state index >= 15 is 0 Å². The van der Waals surface area contributed by atoms with Crippen LogP contribution in [-0.4, -0.2) is 30.8 Å². The van der Waals surface area contributed by atoms with E-state index in [0.717, 1.165) is 0 Å². The van der Waals surface area contributed by atoms with Gasteiger partial charge in [0.15, 0.2) is 0 Å². The zero-order valence-electron chi connectivity index (χ0n) is 12.5. The summed E-state index contributed by atoms with van der Waals surface area (Å²) in [6, 6.07) is -0.436. The highest BCUT2D eigenvalue weighted by Crippen LogP contribution is 2.09. The molecule has 0 unspecified atom stereocenters. The summed E-state index contributed by atoms with van der Waals surface area (Å²) in [5, 5.41) is 2.64. The van der Waals surface area contributed by atoms with E-state index < -0.39 is 23.7 Å². The molecule has 19 heavy (non-hydrogen) atoms. The maximum absolute atomic E-state index is 11.6. The first kappa shape index (κ1) is 17.3. The van der Waals surface area contributed by atoms with Crippen LogP contribution in [0.15, 0.2) is 0 Å². The number of hydrogen-bond acceptors (Lipinski definition) is 4. The standard InChI is InChI=1S/C14H23NO4/c1-10(2)9-11(7-8-12(16)18-6)15-13(17)19-14(3,4)5/h10-11H,9H2,1-6H3,(H,15,17)/t11-/m1/s1. The van der Waals surface area contributed by atoms with Crippen LogP contribution in [0, 0.1) is 17.8 Å². The van der Waals surface area contributed by atoms with Crippen LogP contribution in [-0.2, 0) is 14.3 Å². The van der Waals surface area contributed by atoms with Crippen LogP contribution in [0.1, 0.15) is 41.0 Å². The molecule has 0 aliphatic heterocycles. The lowest BCUT2D eigenvalue weighted by atomic mass is 10.0. The number of amides is 1. The highest BCUT2D eigenvalue weighted by molar-refractivity contribution is 5.88. The average molecular weight is 269 g/mol. The zero-order chi connectivity index (χ0) is 15.1. The Balaban J connectivity index is 4.63. The number of ether oxygens (including phenoxy) is 2. The highest BCUT2D eigenvalue weighted by atomic mass is 16.6. The number of esters is 1. The van der Waals surface area contributed by atoms with Gasteiger partial charge in [-0.1, -0.05) is 19.8 Å². The summed E-state index contributed by atoms with van der Waals surface area (Å²) in [4.78, 5) is 22.6. The van der Waals surface area contributed by atoms with Crippen LogP contribution in [0.25, 0.3) is 0 Å². The normalized spacial score (nSPS) is 12.2. The number of carbonyl (C=O) groups is 2. The van der Waals surface area contributed by atoms with Crippen molar-refractivity contribution in [3.63, 3.8) is 0 Å². The van der Waals surface area contributed by atoms with Crippen LogP contribution in [0.2, 0.25) is 0 Å². The largest absolute Gasteiger partial charge is 0.459 e. The van der Waals surface area contributed by atoms with Crippen LogP contribution in [0.5, 0.6) is 0 Å². The number of methoxy groups -OCH3 is 1. The molecule has 0 spiro atoms. The Labute approximate surface area is 115 Å². The van der Waals surface area contributed by atoms with E-state index in [2.05, 4.69) is 21.9 Å². The predicted molar refractivity (Wildman–Crippen MR) is 72.4 cm³/mol. The van der Waals surface area contributed by atoms with Crippen LogP contribution < -0.4 is 5.32 Å². The second-order valence-corrected chi connectivity index (χ2v) is 5.59. The van der Waals surface area contributed by atoms with E-state index in [4.69, 9.17) is 4.74 Å². The summed E-state index contributed by atoms with van der Waals surface area (Å²) in [6.07, 6.45) is 0.0841. The van der Waals surface area contributed by atoms with Gasteiger partial charge in [0.05, 0.1) is 13.2 Å². The monoisotopic (exact) mass is 269 g/mol. The molecule has 0 heterocycles. The molecule has 0 saturated carbocycles. The number of hydrogen-bond donors (Lipinski definition) is 1. The molecular weight excluding hydrogens is 246 g/mol. The van der Waals surface area contributed by atoms with Gasteiger partial charge in [0.2, 0.25) is 0 Å². The minimum absolute atomic E-state index is 0.326. The molecule has 0 saturated heterocycles. The average Bonchev–Trinajstić information content (AvgIpc) is 2.21. The van der Waals surface area contributed by atoms with Gasteiger partial charge in [-0.3, -0.25) is 0 Å². The molecule has 108 valence electrons. The Morgan fingerprint density at radius 3 is 2.26 bits per heavy atom. The van der Waals surface area contributed by atoms with Crippen LogP contribution in [0.4, 0.5) is 4.79 Å². The van der Waals surface area contributed by atoms with E-state index in [0.29, 0.717) is 12.3 Å². The minimum Gasteiger partial charge on any atom is -0.459 e. The molecule has 1 amide bonds. The fraction of sp³-hybridized carbons (Fsp3) is 0.714. The van der Waals surface area contributed by atoms with Crippen molar-refractivity contribution in [1.82, 2.24) is 5.32 Å². The molecule has 0 rings (SSSR count). The number of nitrogens with one attached hydrogen (secondary N) is 1. The van der Waals surface area contributed by atoms with E-state index in [9.17, 15) is 9.59 Å². The van der Waals surface area contributed by atoms with E-state index in [1.807, 2.05) is 13.8 Å². The lowest BCUT2D eigenvalue weighted by Crippen LogP contribution is -2.39. The first-order valence-corrected chi connectivity index (χ1v) is 6.23. The lowest BCUT2D eigenvalue weighted by Gasteiger charge is -2.22. The molecule has 1 atom stereocenters. The van der Waals surface area contributed by atoms with E-state index in [1.54, 1.807) is 20.8 Å². The zero-order valence-corrected chi connectivity index (χ0v) is 12.5. The molecule has 1 N–H and O–H groups in total. The van der Waals surface area contributed by atoms with Crippen molar-refractivity contribution in [2.45, 2.75) is 52.7 Å². The van der Waals surface area contributed by atoms with Crippen LogP contribution in [0.3, 0.4) is 0 Å². The Morgan fingerprint density at radius 1 is 1.26 bits per heavy atom. The van der Waals surface area contributed by atoms with Crippen molar-refractivity contribution in [3.8, 4) is 11.8 Å². The third-order valence-corrected chi connectivity index (χ3v) is 1.93. The van der Waals surface area contributed by atoms with Crippen LogP contribution >= 0.6 is 0 Å². The first-order chi connectivity index (χ1) is 8.64. The Kier molecular flexibility index (Phi) is 6.99. The summed E-state index contributed by atoms with van der Waals surface area (Å²) < 4.78 is 9.58. The second-order valence-electron chi connectivity index (χ2n) is 5.59. The summed E-state index contributed by atoms with van der Waals surface area (Å²) >= 11 is 0. The SMILES string of the molecule is COC(=O)C#C[C@H](CC(C)C)NC(=O)OC(C)(C)C. The molecule has 5 nitrogen and oxygen atoms in total. The molecule has 0 aliphatic carbocycles. The molecule has 0 fully saturated rings. The van der Waals surface area contributed by atoms with Crippen molar-refractivity contribution < 1.29 is 19.1 Å². The van der Waals surface area contributed by atoms with Gasteiger partial charge in [-0.25, -0.2) is 9.59 Å². The molecular formula is C14H23NO4. The molecule has 0 aliphatic rings. The van der Waals surface area contributed by atoms with Gasteiger partial charge >= 0.3 is 12.1 Å². The molecule has 5 heteroatoms. The Bertz CT molecular complexity index is 371. The Hall–Kier alpha value is -1.70. The van der Waals surface area contributed by atoms with Gasteiger partial charge in [-0.15, -0.1) is 0 Å². The molecule has 0 radical (unpaired) electrons. The van der Waals surface area contributed by atoms with Gasteiger partial charge in [0.25, 0.3) is 0 Å². The fourth-order valence-corrected chi connectivity index (χ4v) is 1.27. The first-order valence-electron chi connectivity index (χ1n) is 6.23. The third kappa shape index (κ3) is 9.95. The maximum atomic E-state index is 11.6. The molecule has 0 aromatic carbocycles. The predicted octanol–water partition coefficient (Wildman–Crippen LogP) is 2.10. The number of alkyl carbamates (subject to hydrolysis) is 1. The number of rotatable bonds is 3. The maximum Gasteiger partial charge on any atom is 0.408 e. The van der Waals surface area contributed by atoms with Crippen molar-refractivity contribution in [2.24, 2.45) is 5.92 Å². The summed E-state index contributed by atoms with van der Waals surface area (Å²) in [5.41, 5.74) is -0.567. The van der Waals surface area contributed by atoms with Gasteiger partial charge in [0.1, 0.15) is 5.60 Å². The quantitative estimate of drug-likeness (QED) is 0.484. The topological polar surface area (TPSA) is 64.6 Å². The van der Waals surface area contributed by atoms with Gasteiger partial charge in [0, 0.05) is 5.92 Å². The smallest absolute Gasteiger partial charge is 0.408 e. The van der Waals surface area contributed by atoms with Gasteiger partial charge in [-0.2, -0.15) is 0 Å². The van der Waals surface area contributed by atoms with Gasteiger partial charge in [-0.05, 0) is 33.1 Å². The molecule has 0 bridgehead atoms. The Morgan fingerprint density at radius 2 is 1.84 bits per heavy atom. The summed E-state index contributed by atoms with van der Waals surface area (Å²) in [6.45, 7) is 9.35. The van der Waals surface area contributed by atoms with Crippen molar-refractivity contribution in [1.29, 1.82) is 0 Å². The van der Waals surface area contributed by atoms with Crippen molar-refractivity contribution >= 4 is 12.1 Å². The fourth-order valence-electron chi connectivity index (χ4n) is 1.27. The summed E-state index contributed by atoms with van der Waals surface area (Å²) in [7, 11) is 1.26. The lowest BCUT2D eigenvalue weighted by molar-refractivity contribution is -0.133. The second kappa shape index (κ2) is 7.67. The highest BCUT2D eigenvalue weighted by Gasteiger charge is 2.19. The van der Waals surface area contributed by atoms with E-state index in [-0.39, 0.29) is 0 Å². The minimum atomic E-state index is -0.625. The van der Waals surface area contributed by atoms with Crippen molar-refractivity contribution in [3.05, 3.63) is 0 Å². The van der Waals surface area contributed by atoms with Crippen molar-refractivity contribution in [2.75, 3.05) is 7.11 Å². The van der Waals surface area contributed by atoms with E-state index in [1.165, 1.54) is 7.11 Å².